The van der Waals surface area contributed by atoms with Gasteiger partial charge in [0.1, 0.15) is 17.5 Å². The molecule has 1 heterocycles. The van der Waals surface area contributed by atoms with Gasteiger partial charge >= 0.3 is 0 Å². The third-order valence-corrected chi connectivity index (χ3v) is 4.37. The van der Waals surface area contributed by atoms with E-state index in [4.69, 9.17) is 10.5 Å². The van der Waals surface area contributed by atoms with Crippen molar-refractivity contribution in [3.8, 4) is 0 Å². The molecule has 0 radical (unpaired) electrons. The molecule has 2 rings (SSSR count). The van der Waals surface area contributed by atoms with E-state index in [1.54, 1.807) is 25.3 Å². The minimum Gasteiger partial charge on any atom is -0.383 e. The molecular formula is C13H13BrFN3OS. The van der Waals surface area contributed by atoms with Crippen molar-refractivity contribution in [1.29, 1.82) is 0 Å². The van der Waals surface area contributed by atoms with Crippen LogP contribution in [0, 0.1) is 5.82 Å². The zero-order chi connectivity index (χ0) is 14.5. The van der Waals surface area contributed by atoms with Crippen LogP contribution in [0.1, 0.15) is 11.5 Å². The number of nitrogens with two attached hydrogens (primary N) is 1. The fraction of sp³-hybridized carbons (Fsp3) is 0.231. The number of halogens is 2. The average molecular weight is 358 g/mol. The molecule has 4 nitrogen and oxygen atoms in total. The number of thioether (sulfide) groups is 1. The van der Waals surface area contributed by atoms with Crippen LogP contribution >= 0.6 is 27.7 Å². The van der Waals surface area contributed by atoms with Gasteiger partial charge in [0.05, 0.1) is 22.5 Å². The van der Waals surface area contributed by atoms with Crippen LogP contribution in [0.4, 0.5) is 10.2 Å². The largest absolute Gasteiger partial charge is 0.383 e. The topological polar surface area (TPSA) is 61.0 Å². The second-order valence-electron chi connectivity index (χ2n) is 3.94. The van der Waals surface area contributed by atoms with Crippen LogP contribution in [0.5, 0.6) is 0 Å². The average Bonchev–Trinajstić information content (AvgIpc) is 2.43. The Bertz CT molecular complexity index is 612. The molecule has 0 atom stereocenters. The van der Waals surface area contributed by atoms with E-state index in [-0.39, 0.29) is 5.82 Å². The summed E-state index contributed by atoms with van der Waals surface area (Å²) in [7, 11) is 1.58. The molecule has 0 fully saturated rings. The second-order valence-corrected chi connectivity index (χ2v) is 5.75. The maximum absolute atomic E-state index is 13.5. The van der Waals surface area contributed by atoms with E-state index in [0.29, 0.717) is 39.1 Å². The Hall–Kier alpha value is -1.18. The molecular weight excluding hydrogens is 345 g/mol. The normalized spacial score (nSPS) is 10.8. The Balaban J connectivity index is 2.16. The van der Waals surface area contributed by atoms with E-state index in [1.807, 2.05) is 0 Å². The number of nitrogen functional groups attached to an aromatic ring is 1. The predicted octanol–water partition coefficient (Wildman–Crippen LogP) is 3.40. The van der Waals surface area contributed by atoms with Gasteiger partial charge in [-0.1, -0.05) is 12.1 Å². The molecule has 0 amide bonds. The summed E-state index contributed by atoms with van der Waals surface area (Å²) in [5.74, 6) is 1.09. The minimum atomic E-state index is -0.250. The summed E-state index contributed by atoms with van der Waals surface area (Å²) < 4.78 is 19.2. The van der Waals surface area contributed by atoms with Crippen molar-refractivity contribution < 1.29 is 9.13 Å². The first-order valence-corrected chi connectivity index (χ1v) is 7.56. The highest BCUT2D eigenvalue weighted by Gasteiger charge is 2.11. The highest BCUT2D eigenvalue weighted by atomic mass is 79.9. The van der Waals surface area contributed by atoms with E-state index >= 15 is 0 Å². The lowest BCUT2D eigenvalue weighted by atomic mass is 10.3. The number of methoxy groups -OCH3 is 1. The van der Waals surface area contributed by atoms with Crippen molar-refractivity contribution >= 4 is 33.5 Å². The Morgan fingerprint density at radius 1 is 1.35 bits per heavy atom. The highest BCUT2D eigenvalue weighted by molar-refractivity contribution is 9.10. The van der Waals surface area contributed by atoms with Gasteiger partial charge in [0.2, 0.25) is 0 Å². The SMILES string of the molecule is COCc1nc(CSc2ccccc2F)nc(N)c1Br. The molecule has 20 heavy (non-hydrogen) atoms. The smallest absolute Gasteiger partial charge is 0.141 e. The number of ether oxygens (including phenoxy) is 1. The van der Waals surface area contributed by atoms with Crippen molar-refractivity contribution in [2.75, 3.05) is 12.8 Å². The third-order valence-electron chi connectivity index (χ3n) is 2.47. The molecule has 1 aromatic carbocycles. The first-order valence-electron chi connectivity index (χ1n) is 5.79. The summed E-state index contributed by atoms with van der Waals surface area (Å²) in [5.41, 5.74) is 6.50. The summed E-state index contributed by atoms with van der Waals surface area (Å²) in [6.07, 6.45) is 0. The molecule has 2 aromatic rings. The fourth-order valence-corrected chi connectivity index (χ4v) is 2.65. The van der Waals surface area contributed by atoms with E-state index in [1.165, 1.54) is 17.8 Å². The molecule has 0 bridgehead atoms. The van der Waals surface area contributed by atoms with E-state index < -0.39 is 0 Å². The van der Waals surface area contributed by atoms with Crippen LogP contribution in [0.25, 0.3) is 0 Å². The molecule has 7 heteroatoms. The summed E-state index contributed by atoms with van der Waals surface area (Å²) in [5, 5.41) is 0. The Morgan fingerprint density at radius 2 is 2.10 bits per heavy atom. The molecule has 0 aliphatic heterocycles. The number of nitrogens with zero attached hydrogens (tertiary/aromatic N) is 2. The van der Waals surface area contributed by atoms with Gasteiger partial charge in [-0.3, -0.25) is 0 Å². The summed E-state index contributed by atoms with van der Waals surface area (Å²) in [4.78, 5) is 9.10. The lowest BCUT2D eigenvalue weighted by Crippen LogP contribution is -2.05. The maximum atomic E-state index is 13.5. The van der Waals surface area contributed by atoms with Crippen molar-refractivity contribution in [3.63, 3.8) is 0 Å². The molecule has 1 aromatic heterocycles. The van der Waals surface area contributed by atoms with Crippen LogP contribution in [0.3, 0.4) is 0 Å². The molecule has 0 aliphatic carbocycles. The summed E-state index contributed by atoms with van der Waals surface area (Å²) in [6.45, 7) is 0.338. The van der Waals surface area contributed by atoms with Gasteiger partial charge in [-0.2, -0.15) is 0 Å². The van der Waals surface area contributed by atoms with Crippen LogP contribution in [-0.2, 0) is 17.1 Å². The third kappa shape index (κ3) is 3.68. The minimum absolute atomic E-state index is 0.250. The molecule has 0 saturated heterocycles. The molecule has 0 aliphatic rings. The zero-order valence-electron chi connectivity index (χ0n) is 10.8. The maximum Gasteiger partial charge on any atom is 0.141 e. The van der Waals surface area contributed by atoms with Gasteiger partial charge in [0.15, 0.2) is 0 Å². The van der Waals surface area contributed by atoms with E-state index in [0.717, 1.165) is 0 Å². The monoisotopic (exact) mass is 357 g/mol. The lowest BCUT2D eigenvalue weighted by Gasteiger charge is -2.08. The Kier molecular flexibility index (Phi) is 5.33. The molecule has 0 saturated carbocycles. The number of anilines is 1. The van der Waals surface area contributed by atoms with Crippen molar-refractivity contribution in [2.24, 2.45) is 0 Å². The Labute approximate surface area is 129 Å². The van der Waals surface area contributed by atoms with Gasteiger partial charge < -0.3 is 10.5 Å². The van der Waals surface area contributed by atoms with Crippen molar-refractivity contribution in [3.05, 3.63) is 46.1 Å². The molecule has 0 unspecified atom stereocenters. The number of benzene rings is 1. The zero-order valence-corrected chi connectivity index (χ0v) is 13.2. The standard InChI is InChI=1S/C13H13BrFN3OS/c1-19-6-9-12(14)13(16)18-11(17-9)7-20-10-5-3-2-4-8(10)15/h2-5H,6-7H2,1H3,(H2,16,17,18). The van der Waals surface area contributed by atoms with Crippen LogP contribution in [-0.4, -0.2) is 17.1 Å². The van der Waals surface area contributed by atoms with Gasteiger partial charge in [-0.25, -0.2) is 14.4 Å². The van der Waals surface area contributed by atoms with Crippen molar-refractivity contribution in [1.82, 2.24) is 9.97 Å². The van der Waals surface area contributed by atoms with Gasteiger partial charge in [0.25, 0.3) is 0 Å². The fourth-order valence-electron chi connectivity index (χ4n) is 1.57. The number of hydrogen-bond acceptors (Lipinski definition) is 5. The molecule has 106 valence electrons. The van der Waals surface area contributed by atoms with Gasteiger partial charge in [0, 0.05) is 12.0 Å². The van der Waals surface area contributed by atoms with Gasteiger partial charge in [-0.15, -0.1) is 11.8 Å². The number of aromatic nitrogens is 2. The van der Waals surface area contributed by atoms with Crippen LogP contribution in [0.2, 0.25) is 0 Å². The van der Waals surface area contributed by atoms with Gasteiger partial charge in [-0.05, 0) is 28.1 Å². The molecule has 2 N–H and O–H groups in total. The van der Waals surface area contributed by atoms with Crippen LogP contribution in [0.15, 0.2) is 33.6 Å². The van der Waals surface area contributed by atoms with Crippen LogP contribution < -0.4 is 5.73 Å². The van der Waals surface area contributed by atoms with E-state index in [2.05, 4.69) is 25.9 Å². The summed E-state index contributed by atoms with van der Waals surface area (Å²) >= 11 is 4.66. The number of rotatable bonds is 5. The first-order chi connectivity index (χ1) is 9.61. The number of hydrogen-bond donors (Lipinski definition) is 1. The highest BCUT2D eigenvalue weighted by Crippen LogP contribution is 2.27. The second kappa shape index (κ2) is 7.01. The quantitative estimate of drug-likeness (QED) is 0.831. The molecule has 0 spiro atoms. The summed E-state index contributed by atoms with van der Waals surface area (Å²) in [6, 6.07) is 6.59. The Morgan fingerprint density at radius 3 is 2.80 bits per heavy atom. The van der Waals surface area contributed by atoms with Crippen molar-refractivity contribution in [2.45, 2.75) is 17.3 Å². The van der Waals surface area contributed by atoms with E-state index in [9.17, 15) is 4.39 Å². The lowest BCUT2D eigenvalue weighted by molar-refractivity contribution is 0.180. The predicted molar refractivity (Wildman–Crippen MR) is 80.8 cm³/mol. The first kappa shape index (κ1) is 15.2.